The Morgan fingerprint density at radius 1 is 1.29 bits per heavy atom. The van der Waals surface area contributed by atoms with Gasteiger partial charge >= 0.3 is 0 Å². The maximum Gasteiger partial charge on any atom is 0.283 e. The molecule has 0 spiro atoms. The molecule has 0 saturated carbocycles. The van der Waals surface area contributed by atoms with E-state index >= 15 is 0 Å². The topological polar surface area (TPSA) is 107 Å². The van der Waals surface area contributed by atoms with Gasteiger partial charge in [-0.3, -0.25) is 0 Å². The third-order valence-electron chi connectivity index (χ3n) is 0. The van der Waals surface area contributed by atoms with Crippen molar-refractivity contribution in [1.82, 2.24) is 0 Å². The molecule has 0 atom stereocenters. The Balaban J connectivity index is -0.00000000333. The van der Waals surface area contributed by atoms with Gasteiger partial charge in [0.2, 0.25) is 0 Å². The van der Waals surface area contributed by atoms with Gasteiger partial charge in [-0.05, 0) is 0 Å². The Kier molecular flexibility index (Phi) is 285. The molecule has 0 aromatic heterocycles. The molecule has 0 heterocycles. The fraction of sp³-hybridized carbons (Fsp3) is 0. The Labute approximate surface area is 97.0 Å². The average molecular weight is 308 g/mol. The van der Waals surface area contributed by atoms with Crippen LogP contribution in [0.2, 0.25) is 0 Å². The van der Waals surface area contributed by atoms with Crippen LogP contribution in [0.5, 0.6) is 0 Å². The zero-order valence-electron chi connectivity index (χ0n) is 3.75. The first-order valence-electron chi connectivity index (χ1n) is 0.447. The molecule has 41 valence electrons. The Morgan fingerprint density at radius 2 is 1.29 bits per heavy atom. The van der Waals surface area contributed by atoms with Crippen LogP contribution < -0.4 is 0 Å². The van der Waals surface area contributed by atoms with Gasteiger partial charge < -0.3 is 16.1 Å². The van der Waals surface area contributed by atoms with Crippen LogP contribution in [0.25, 0.3) is 0 Å². The molecule has 0 rings (SSSR count). The van der Waals surface area contributed by atoms with Crippen molar-refractivity contribution in [3.05, 3.63) is 0 Å². The van der Waals surface area contributed by atoms with E-state index in [1.165, 1.54) is 0 Å². The van der Waals surface area contributed by atoms with Gasteiger partial charge in [-0.2, -0.15) is 5.26 Å². The van der Waals surface area contributed by atoms with Crippen LogP contribution in [0.4, 0.5) is 0 Å². The van der Waals surface area contributed by atoms with Gasteiger partial charge in [0.1, 0.15) is 0 Å². The van der Waals surface area contributed by atoms with E-state index in [1.807, 2.05) is 0 Å². The Morgan fingerprint density at radius 3 is 1.29 bits per heavy atom. The second kappa shape index (κ2) is 51.0. The molecule has 0 amide bonds. The van der Waals surface area contributed by atoms with Gasteiger partial charge in [0.05, 0.1) is 0 Å². The Bertz CT molecular complexity index is 36.4. The molecule has 1 radical (unpaired) electrons. The quantitative estimate of drug-likeness (QED) is 0.405. The molecule has 0 aliphatic carbocycles. The first-order chi connectivity index (χ1) is 1.41. The maximum atomic E-state index is 6.88. The molecule has 4 nitrogen and oxygen atoms in total. The summed E-state index contributed by atoms with van der Waals surface area (Å²) in [5.41, 5.74) is 0. The largest absolute Gasteiger partial charge is 0.443 e. The number of rotatable bonds is 0. The molecule has 0 aliphatic heterocycles. The van der Waals surface area contributed by atoms with E-state index in [-0.39, 0.29) is 82.1 Å². The summed E-state index contributed by atoms with van der Waals surface area (Å²) in [5, 5.41) is 13.8. The molecular formula is CH5KNO3Os. The molecule has 0 bridgehead atoms. The Hall–Kier alpha value is 1.48. The minimum atomic E-state index is 0. The molecule has 6 heteroatoms. The molecular weight excluding hydrogens is 303 g/mol. The van der Waals surface area contributed by atoms with Crippen molar-refractivity contribution < 1.29 is 35.8 Å². The van der Waals surface area contributed by atoms with Crippen molar-refractivity contribution in [1.29, 1.82) is 5.26 Å². The summed E-state index contributed by atoms with van der Waals surface area (Å²) in [4.78, 5) is 0. The molecule has 0 aromatic rings. The summed E-state index contributed by atoms with van der Waals surface area (Å²) in [6.07, 6.45) is 0.750. The SMILES string of the molecule is N#CO.O.O.[K].[Os]. The van der Waals surface area contributed by atoms with Crippen molar-refractivity contribution in [2.45, 2.75) is 0 Å². The van der Waals surface area contributed by atoms with Crippen LogP contribution in [0.1, 0.15) is 0 Å². The van der Waals surface area contributed by atoms with E-state index in [2.05, 4.69) is 0 Å². The summed E-state index contributed by atoms with van der Waals surface area (Å²) in [7, 11) is 0. The maximum absolute atomic E-state index is 6.88. The van der Waals surface area contributed by atoms with Gasteiger partial charge in [0.25, 0.3) is 6.26 Å². The summed E-state index contributed by atoms with van der Waals surface area (Å²) in [6, 6.07) is 0. The predicted molar refractivity (Wildman–Crippen MR) is 20.5 cm³/mol. The van der Waals surface area contributed by atoms with E-state index in [0.717, 1.165) is 6.26 Å². The van der Waals surface area contributed by atoms with Gasteiger partial charge in [0.15, 0.2) is 0 Å². The van der Waals surface area contributed by atoms with Crippen LogP contribution in [-0.2, 0) is 19.8 Å². The zero-order chi connectivity index (χ0) is 2.71. The van der Waals surface area contributed by atoms with Crippen molar-refractivity contribution in [2.24, 2.45) is 0 Å². The monoisotopic (exact) mass is 310 g/mol. The first kappa shape index (κ1) is 39.2. The average Bonchev–Trinajstić information content (AvgIpc) is 0.918. The zero-order valence-corrected chi connectivity index (χ0v) is 9.41. The van der Waals surface area contributed by atoms with E-state index in [0.29, 0.717) is 0 Å². The van der Waals surface area contributed by atoms with Gasteiger partial charge in [-0.25, -0.2) is 0 Å². The van der Waals surface area contributed by atoms with Crippen molar-refractivity contribution in [3.63, 3.8) is 0 Å². The van der Waals surface area contributed by atoms with Gasteiger partial charge in [-0.15, -0.1) is 0 Å². The number of aliphatic hydroxyl groups excluding tert-OH is 1. The second-order valence-corrected chi connectivity index (χ2v) is 0.100. The second-order valence-electron chi connectivity index (χ2n) is 0.100. The number of nitrogens with zero attached hydrogens (tertiary/aromatic N) is 1. The van der Waals surface area contributed by atoms with E-state index in [9.17, 15) is 0 Å². The van der Waals surface area contributed by atoms with E-state index < -0.39 is 0 Å². The molecule has 0 fully saturated rings. The van der Waals surface area contributed by atoms with Crippen molar-refractivity contribution in [2.75, 3.05) is 0 Å². The molecule has 7 heavy (non-hydrogen) atoms. The van der Waals surface area contributed by atoms with Crippen LogP contribution in [0.3, 0.4) is 0 Å². The van der Waals surface area contributed by atoms with Crippen LogP contribution in [0, 0.1) is 11.5 Å². The molecule has 0 aliphatic rings. The van der Waals surface area contributed by atoms with Crippen molar-refractivity contribution in [3.8, 4) is 6.26 Å². The number of aliphatic hydroxyl groups is 1. The van der Waals surface area contributed by atoms with Gasteiger partial charge in [-0.1, -0.05) is 0 Å². The molecule has 5 N–H and O–H groups in total. The van der Waals surface area contributed by atoms with Gasteiger partial charge in [0, 0.05) is 71.2 Å². The first-order valence-corrected chi connectivity index (χ1v) is 0.447. The summed E-state index contributed by atoms with van der Waals surface area (Å²) < 4.78 is 0. The fourth-order valence-corrected chi connectivity index (χ4v) is 0. The van der Waals surface area contributed by atoms with Crippen LogP contribution in [0.15, 0.2) is 0 Å². The fourth-order valence-electron chi connectivity index (χ4n) is 0. The van der Waals surface area contributed by atoms with E-state index in [4.69, 9.17) is 10.4 Å². The summed E-state index contributed by atoms with van der Waals surface area (Å²) in [5.74, 6) is 0. The molecule has 0 unspecified atom stereocenters. The minimum Gasteiger partial charge on any atom is -0.443 e. The molecule has 0 saturated heterocycles. The predicted octanol–water partition coefficient (Wildman–Crippen LogP) is -2.19. The minimum absolute atomic E-state index is 0. The number of nitriles is 1. The van der Waals surface area contributed by atoms with E-state index in [1.54, 1.807) is 0 Å². The van der Waals surface area contributed by atoms with Crippen molar-refractivity contribution >= 4 is 51.4 Å². The third-order valence-corrected chi connectivity index (χ3v) is 0. The molecule has 0 aromatic carbocycles. The smallest absolute Gasteiger partial charge is 0.283 e. The standard InChI is InChI=1S/CHNO.K.2H2O.Os/c2-1-3;;;;/h3H;;2*1H2;. The summed E-state index contributed by atoms with van der Waals surface area (Å²) >= 11 is 0. The number of hydrogen-bond acceptors (Lipinski definition) is 2. The normalized spacial score (nSPS) is 1.00. The van der Waals surface area contributed by atoms with Crippen LogP contribution >= 0.6 is 0 Å². The third kappa shape index (κ3) is 102. The number of hydrogen-bond donors (Lipinski definition) is 1. The summed E-state index contributed by atoms with van der Waals surface area (Å²) in [6.45, 7) is 0. The van der Waals surface area contributed by atoms with Crippen LogP contribution in [-0.4, -0.2) is 67.4 Å².